The summed E-state index contributed by atoms with van der Waals surface area (Å²) >= 11 is 0. The van der Waals surface area contributed by atoms with Gasteiger partial charge >= 0.3 is 0 Å². The van der Waals surface area contributed by atoms with Gasteiger partial charge < -0.3 is 15.2 Å². The molecule has 1 aromatic carbocycles. The molecule has 0 bridgehead atoms. The molecule has 0 aromatic heterocycles. The van der Waals surface area contributed by atoms with Crippen molar-refractivity contribution in [3.05, 3.63) is 30.3 Å². The average Bonchev–Trinajstić information content (AvgIpc) is 2.29. The Balaban J connectivity index is 1.94. The van der Waals surface area contributed by atoms with E-state index in [2.05, 4.69) is 0 Å². The van der Waals surface area contributed by atoms with Gasteiger partial charge in [-0.15, -0.1) is 0 Å². The topological polar surface area (TPSA) is 61.6 Å². The molecule has 0 aliphatic heterocycles. The number of benzene rings is 1. The molecule has 4 nitrogen and oxygen atoms in total. The molecule has 0 aliphatic rings. The number of primary amides is 1. The largest absolute Gasteiger partial charge is 0.491 e. The Labute approximate surface area is 95.3 Å². The van der Waals surface area contributed by atoms with Gasteiger partial charge in [0.2, 0.25) is 5.91 Å². The first-order valence-electron chi connectivity index (χ1n) is 5.33. The molecule has 0 fully saturated rings. The zero-order valence-corrected chi connectivity index (χ0v) is 9.22. The molecule has 0 unspecified atom stereocenters. The van der Waals surface area contributed by atoms with Crippen LogP contribution in [0.2, 0.25) is 0 Å². The van der Waals surface area contributed by atoms with Crippen molar-refractivity contribution in [1.29, 1.82) is 0 Å². The van der Waals surface area contributed by atoms with E-state index < -0.39 is 0 Å². The third kappa shape index (κ3) is 6.03. The second kappa shape index (κ2) is 7.70. The molecule has 0 spiro atoms. The van der Waals surface area contributed by atoms with E-state index in [0.717, 1.165) is 5.75 Å². The number of hydrogen-bond acceptors (Lipinski definition) is 3. The van der Waals surface area contributed by atoms with Crippen molar-refractivity contribution in [2.75, 3.05) is 19.8 Å². The molecular formula is C12H17NO3. The quantitative estimate of drug-likeness (QED) is 0.677. The Bertz CT molecular complexity index is 300. The molecule has 4 heteroatoms. The third-order valence-electron chi connectivity index (χ3n) is 1.95. The van der Waals surface area contributed by atoms with Gasteiger partial charge in [-0.05, 0) is 18.6 Å². The summed E-state index contributed by atoms with van der Waals surface area (Å²) in [7, 11) is 0. The first-order valence-corrected chi connectivity index (χ1v) is 5.33. The number of para-hydroxylation sites is 1. The van der Waals surface area contributed by atoms with Crippen LogP contribution in [0.1, 0.15) is 12.8 Å². The SMILES string of the molecule is NC(=O)CCCOCCOc1ccccc1. The maximum Gasteiger partial charge on any atom is 0.217 e. The Morgan fingerprint density at radius 3 is 2.56 bits per heavy atom. The van der Waals surface area contributed by atoms with Crippen LogP contribution in [0.4, 0.5) is 0 Å². The summed E-state index contributed by atoms with van der Waals surface area (Å²) in [5.41, 5.74) is 4.99. The van der Waals surface area contributed by atoms with Gasteiger partial charge in [0.25, 0.3) is 0 Å². The van der Waals surface area contributed by atoms with Gasteiger partial charge in [0.05, 0.1) is 6.61 Å². The molecule has 1 amide bonds. The van der Waals surface area contributed by atoms with Crippen LogP contribution in [0, 0.1) is 0 Å². The van der Waals surface area contributed by atoms with Gasteiger partial charge in [-0.1, -0.05) is 18.2 Å². The Kier molecular flexibility index (Phi) is 6.03. The number of rotatable bonds is 8. The van der Waals surface area contributed by atoms with Crippen LogP contribution in [-0.2, 0) is 9.53 Å². The van der Waals surface area contributed by atoms with Gasteiger partial charge in [-0.3, -0.25) is 4.79 Å². The minimum absolute atomic E-state index is 0.288. The summed E-state index contributed by atoms with van der Waals surface area (Å²) in [5.74, 6) is 0.548. The van der Waals surface area contributed by atoms with E-state index in [-0.39, 0.29) is 5.91 Å². The molecule has 0 heterocycles. The van der Waals surface area contributed by atoms with Crippen LogP contribution in [0.3, 0.4) is 0 Å². The van der Waals surface area contributed by atoms with E-state index in [4.69, 9.17) is 15.2 Å². The normalized spacial score (nSPS) is 10.0. The number of amides is 1. The monoisotopic (exact) mass is 223 g/mol. The predicted octanol–water partition coefficient (Wildman–Crippen LogP) is 1.35. The van der Waals surface area contributed by atoms with Crippen LogP contribution < -0.4 is 10.5 Å². The lowest BCUT2D eigenvalue weighted by Gasteiger charge is -2.06. The van der Waals surface area contributed by atoms with Gasteiger partial charge in [-0.25, -0.2) is 0 Å². The summed E-state index contributed by atoms with van der Waals surface area (Å²) < 4.78 is 10.7. The number of carbonyl (C=O) groups excluding carboxylic acids is 1. The maximum absolute atomic E-state index is 10.4. The summed E-state index contributed by atoms with van der Waals surface area (Å²) in [6.45, 7) is 1.58. The highest BCUT2D eigenvalue weighted by Crippen LogP contribution is 2.07. The fraction of sp³-hybridized carbons (Fsp3) is 0.417. The van der Waals surface area contributed by atoms with Gasteiger partial charge in [0.15, 0.2) is 0 Å². The van der Waals surface area contributed by atoms with Crippen molar-refractivity contribution >= 4 is 5.91 Å². The van der Waals surface area contributed by atoms with Crippen molar-refractivity contribution in [3.63, 3.8) is 0 Å². The second-order valence-electron chi connectivity index (χ2n) is 3.34. The van der Waals surface area contributed by atoms with Crippen LogP contribution in [-0.4, -0.2) is 25.7 Å². The molecule has 2 N–H and O–H groups in total. The molecule has 0 radical (unpaired) electrons. The number of ether oxygens (including phenoxy) is 2. The molecule has 1 aromatic rings. The highest BCUT2D eigenvalue weighted by molar-refractivity contribution is 5.73. The van der Waals surface area contributed by atoms with Crippen LogP contribution in [0.15, 0.2) is 30.3 Å². The Morgan fingerprint density at radius 1 is 1.12 bits per heavy atom. The van der Waals surface area contributed by atoms with E-state index in [0.29, 0.717) is 32.7 Å². The molecule has 0 atom stereocenters. The third-order valence-corrected chi connectivity index (χ3v) is 1.95. The first kappa shape index (κ1) is 12.5. The summed E-state index contributed by atoms with van der Waals surface area (Å²) in [6, 6.07) is 9.57. The molecule has 0 saturated heterocycles. The average molecular weight is 223 g/mol. The van der Waals surface area contributed by atoms with Crippen molar-refractivity contribution in [3.8, 4) is 5.75 Å². The zero-order valence-electron chi connectivity index (χ0n) is 9.22. The highest BCUT2D eigenvalue weighted by Gasteiger charge is 1.95. The lowest BCUT2D eigenvalue weighted by atomic mass is 10.3. The molecule has 0 aliphatic carbocycles. The van der Waals surface area contributed by atoms with Crippen LogP contribution >= 0.6 is 0 Å². The predicted molar refractivity (Wildman–Crippen MR) is 61.2 cm³/mol. The van der Waals surface area contributed by atoms with Crippen LogP contribution in [0.25, 0.3) is 0 Å². The van der Waals surface area contributed by atoms with Gasteiger partial charge in [0.1, 0.15) is 12.4 Å². The lowest BCUT2D eigenvalue weighted by molar-refractivity contribution is -0.118. The number of nitrogens with two attached hydrogens (primary N) is 1. The molecule has 0 saturated carbocycles. The van der Waals surface area contributed by atoms with E-state index in [1.807, 2.05) is 30.3 Å². The summed E-state index contributed by atoms with van der Waals surface area (Å²) in [6.07, 6.45) is 1.04. The van der Waals surface area contributed by atoms with Gasteiger partial charge in [0, 0.05) is 13.0 Å². The highest BCUT2D eigenvalue weighted by atomic mass is 16.5. The smallest absolute Gasteiger partial charge is 0.217 e. The van der Waals surface area contributed by atoms with E-state index in [9.17, 15) is 4.79 Å². The molecule has 1 rings (SSSR count). The minimum atomic E-state index is -0.288. The fourth-order valence-corrected chi connectivity index (χ4v) is 1.19. The lowest BCUT2D eigenvalue weighted by Crippen LogP contribution is -2.12. The van der Waals surface area contributed by atoms with Crippen molar-refractivity contribution in [2.45, 2.75) is 12.8 Å². The van der Waals surface area contributed by atoms with Gasteiger partial charge in [-0.2, -0.15) is 0 Å². The van der Waals surface area contributed by atoms with Crippen molar-refractivity contribution < 1.29 is 14.3 Å². The number of hydrogen-bond donors (Lipinski definition) is 1. The first-order chi connectivity index (χ1) is 7.79. The van der Waals surface area contributed by atoms with Crippen molar-refractivity contribution in [1.82, 2.24) is 0 Å². The molecule has 88 valence electrons. The minimum Gasteiger partial charge on any atom is -0.491 e. The Morgan fingerprint density at radius 2 is 1.88 bits per heavy atom. The summed E-state index contributed by atoms with van der Waals surface area (Å²) in [4.78, 5) is 10.4. The van der Waals surface area contributed by atoms with E-state index in [1.54, 1.807) is 0 Å². The summed E-state index contributed by atoms with van der Waals surface area (Å²) in [5, 5.41) is 0. The maximum atomic E-state index is 10.4. The fourth-order valence-electron chi connectivity index (χ4n) is 1.19. The second-order valence-corrected chi connectivity index (χ2v) is 3.34. The zero-order chi connectivity index (χ0) is 11.6. The number of carbonyl (C=O) groups is 1. The van der Waals surface area contributed by atoms with Crippen molar-refractivity contribution in [2.24, 2.45) is 5.73 Å². The molecule has 16 heavy (non-hydrogen) atoms. The van der Waals surface area contributed by atoms with E-state index >= 15 is 0 Å². The standard InChI is InChI=1S/C12H17NO3/c13-12(14)7-4-8-15-9-10-16-11-5-2-1-3-6-11/h1-3,5-6H,4,7-10H2,(H2,13,14). The van der Waals surface area contributed by atoms with E-state index in [1.165, 1.54) is 0 Å². The Hall–Kier alpha value is -1.55. The molecular weight excluding hydrogens is 206 g/mol. The van der Waals surface area contributed by atoms with Crippen LogP contribution in [0.5, 0.6) is 5.75 Å².